The smallest absolute Gasteiger partial charge is 0.220 e. The lowest BCUT2D eigenvalue weighted by atomic mass is 9.93. The van der Waals surface area contributed by atoms with Gasteiger partial charge in [0.15, 0.2) is 0 Å². The van der Waals surface area contributed by atoms with Crippen molar-refractivity contribution < 1.29 is 19.0 Å². The van der Waals surface area contributed by atoms with Crippen LogP contribution in [0.3, 0.4) is 0 Å². The Kier molecular flexibility index (Phi) is 6.80. The lowest BCUT2D eigenvalue weighted by Crippen LogP contribution is -2.41. The minimum absolute atomic E-state index is 0.0937. The van der Waals surface area contributed by atoms with Gasteiger partial charge in [0, 0.05) is 20.0 Å². The normalized spacial score (nSPS) is 17.7. The maximum atomic E-state index is 12.8. The highest BCUT2D eigenvalue weighted by molar-refractivity contribution is 5.75. The number of aliphatic hydroxyl groups is 1. The van der Waals surface area contributed by atoms with Crippen LogP contribution in [0.4, 0.5) is 4.39 Å². The first-order valence-corrected chi connectivity index (χ1v) is 8.06. The summed E-state index contributed by atoms with van der Waals surface area (Å²) in [4.78, 5) is 13.6. The van der Waals surface area contributed by atoms with Crippen molar-refractivity contribution in [2.75, 3.05) is 33.3 Å². The van der Waals surface area contributed by atoms with E-state index in [0.29, 0.717) is 24.6 Å². The number of nitrogens with one attached hydrogen (secondary N) is 1. The summed E-state index contributed by atoms with van der Waals surface area (Å²) in [6.45, 7) is 2.50. The molecule has 0 saturated carbocycles. The zero-order valence-electron chi connectivity index (χ0n) is 13.5. The third kappa shape index (κ3) is 6.15. The van der Waals surface area contributed by atoms with Crippen LogP contribution in [0.15, 0.2) is 24.3 Å². The van der Waals surface area contributed by atoms with Crippen molar-refractivity contribution in [3.63, 3.8) is 0 Å². The number of nitrogens with zero attached hydrogens (tertiary/aromatic N) is 1. The van der Waals surface area contributed by atoms with Crippen LogP contribution < -0.4 is 10.1 Å². The molecule has 1 atom stereocenters. The third-order valence-corrected chi connectivity index (χ3v) is 4.19. The molecule has 1 aromatic rings. The van der Waals surface area contributed by atoms with Gasteiger partial charge < -0.3 is 20.1 Å². The van der Waals surface area contributed by atoms with Crippen molar-refractivity contribution in [3.05, 3.63) is 30.1 Å². The van der Waals surface area contributed by atoms with Crippen molar-refractivity contribution in [1.29, 1.82) is 0 Å². The summed E-state index contributed by atoms with van der Waals surface area (Å²) in [5, 5.41) is 12.7. The van der Waals surface area contributed by atoms with E-state index in [-0.39, 0.29) is 18.3 Å². The van der Waals surface area contributed by atoms with Crippen molar-refractivity contribution in [3.8, 4) is 5.75 Å². The topological polar surface area (TPSA) is 61.8 Å². The Balaban J connectivity index is 1.65. The van der Waals surface area contributed by atoms with Crippen LogP contribution in [0.25, 0.3) is 0 Å². The van der Waals surface area contributed by atoms with Gasteiger partial charge in [0.1, 0.15) is 24.3 Å². The number of benzene rings is 1. The van der Waals surface area contributed by atoms with E-state index in [9.17, 15) is 14.3 Å². The average molecular weight is 324 g/mol. The Morgan fingerprint density at radius 3 is 2.65 bits per heavy atom. The number of carbonyl (C=O) groups excluding carboxylic acids is 1. The number of piperidine rings is 1. The van der Waals surface area contributed by atoms with Crippen molar-refractivity contribution in [2.24, 2.45) is 5.92 Å². The maximum absolute atomic E-state index is 12.8. The van der Waals surface area contributed by atoms with Crippen LogP contribution >= 0.6 is 0 Å². The predicted octanol–water partition coefficient (Wildman–Crippen LogP) is 1.41. The van der Waals surface area contributed by atoms with Gasteiger partial charge in [0.2, 0.25) is 5.91 Å². The quantitative estimate of drug-likeness (QED) is 0.796. The van der Waals surface area contributed by atoms with Crippen LogP contribution in [0.2, 0.25) is 0 Å². The molecular weight excluding hydrogens is 299 g/mol. The monoisotopic (exact) mass is 324 g/mol. The van der Waals surface area contributed by atoms with Gasteiger partial charge in [-0.05, 0) is 56.1 Å². The summed E-state index contributed by atoms with van der Waals surface area (Å²) in [6.07, 6.45) is 1.94. The Morgan fingerprint density at radius 1 is 1.39 bits per heavy atom. The van der Waals surface area contributed by atoms with E-state index >= 15 is 0 Å². The number of likely N-dealkylation sites (tertiary alicyclic amines) is 1. The Bertz CT molecular complexity index is 487. The van der Waals surface area contributed by atoms with Gasteiger partial charge in [-0.1, -0.05) is 0 Å². The van der Waals surface area contributed by atoms with Crippen LogP contribution in [-0.4, -0.2) is 55.3 Å². The third-order valence-electron chi connectivity index (χ3n) is 4.19. The van der Waals surface area contributed by atoms with Gasteiger partial charge in [-0.3, -0.25) is 4.79 Å². The molecule has 0 aromatic heterocycles. The number of hydrogen-bond acceptors (Lipinski definition) is 4. The Labute approximate surface area is 136 Å². The SMILES string of the molecule is CNC(=O)CC1CCN(CC(O)COc2ccc(F)cc2)CC1. The van der Waals surface area contributed by atoms with Crippen LogP contribution in [0.1, 0.15) is 19.3 Å². The summed E-state index contributed by atoms with van der Waals surface area (Å²) in [5.74, 6) is 0.766. The number of amides is 1. The molecule has 1 amide bonds. The number of aliphatic hydroxyl groups excluding tert-OH is 1. The standard InChI is InChI=1S/C17H25FN2O3/c1-19-17(22)10-13-6-8-20(9-7-13)11-15(21)12-23-16-4-2-14(18)3-5-16/h2-5,13,15,21H,6-12H2,1H3,(H,19,22). The number of hydrogen-bond donors (Lipinski definition) is 2. The minimum Gasteiger partial charge on any atom is -0.491 e. The van der Waals surface area contributed by atoms with Gasteiger partial charge in [0.05, 0.1) is 0 Å². The van der Waals surface area contributed by atoms with E-state index in [4.69, 9.17) is 4.74 Å². The molecule has 1 aromatic carbocycles. The fourth-order valence-corrected chi connectivity index (χ4v) is 2.81. The highest BCUT2D eigenvalue weighted by Crippen LogP contribution is 2.20. The minimum atomic E-state index is -0.587. The highest BCUT2D eigenvalue weighted by Gasteiger charge is 2.22. The molecule has 1 aliphatic rings. The summed E-state index contributed by atoms with van der Waals surface area (Å²) >= 11 is 0. The summed E-state index contributed by atoms with van der Waals surface area (Å²) in [7, 11) is 1.66. The molecule has 1 aliphatic heterocycles. The van der Waals surface area contributed by atoms with E-state index < -0.39 is 6.10 Å². The molecule has 0 bridgehead atoms. The maximum Gasteiger partial charge on any atom is 0.220 e. The summed E-state index contributed by atoms with van der Waals surface area (Å²) in [6, 6.07) is 5.76. The molecule has 1 saturated heterocycles. The molecule has 5 nitrogen and oxygen atoms in total. The number of halogens is 1. The molecule has 0 aliphatic carbocycles. The van der Waals surface area contributed by atoms with Gasteiger partial charge in [-0.25, -0.2) is 4.39 Å². The van der Waals surface area contributed by atoms with E-state index in [1.165, 1.54) is 12.1 Å². The first-order valence-electron chi connectivity index (χ1n) is 8.06. The van der Waals surface area contributed by atoms with Crippen molar-refractivity contribution >= 4 is 5.91 Å². The van der Waals surface area contributed by atoms with Crippen LogP contribution in [-0.2, 0) is 4.79 Å². The van der Waals surface area contributed by atoms with Gasteiger partial charge in [-0.2, -0.15) is 0 Å². The Hall–Kier alpha value is -1.66. The van der Waals surface area contributed by atoms with Crippen molar-refractivity contribution in [1.82, 2.24) is 10.2 Å². The zero-order valence-corrected chi connectivity index (χ0v) is 13.5. The fourth-order valence-electron chi connectivity index (χ4n) is 2.81. The van der Waals surface area contributed by atoms with E-state index in [0.717, 1.165) is 25.9 Å². The zero-order chi connectivity index (χ0) is 16.7. The molecule has 2 rings (SSSR count). The second kappa shape index (κ2) is 8.84. The molecule has 0 radical (unpaired) electrons. The summed E-state index contributed by atoms with van der Waals surface area (Å²) in [5.41, 5.74) is 0. The second-order valence-electron chi connectivity index (χ2n) is 6.04. The average Bonchev–Trinajstić information content (AvgIpc) is 2.56. The van der Waals surface area contributed by atoms with E-state index in [2.05, 4.69) is 10.2 Å². The lowest BCUT2D eigenvalue weighted by molar-refractivity contribution is -0.121. The lowest BCUT2D eigenvalue weighted by Gasteiger charge is -2.32. The highest BCUT2D eigenvalue weighted by atomic mass is 19.1. The molecule has 6 heteroatoms. The molecule has 2 N–H and O–H groups in total. The van der Waals surface area contributed by atoms with Gasteiger partial charge >= 0.3 is 0 Å². The van der Waals surface area contributed by atoms with Crippen molar-refractivity contribution in [2.45, 2.75) is 25.4 Å². The first-order chi connectivity index (χ1) is 11.1. The molecule has 1 fully saturated rings. The second-order valence-corrected chi connectivity index (χ2v) is 6.04. The number of ether oxygens (including phenoxy) is 1. The predicted molar refractivity (Wildman–Crippen MR) is 85.7 cm³/mol. The van der Waals surface area contributed by atoms with E-state index in [1.54, 1.807) is 19.2 Å². The van der Waals surface area contributed by atoms with Gasteiger partial charge in [-0.15, -0.1) is 0 Å². The molecular formula is C17H25FN2O3. The largest absolute Gasteiger partial charge is 0.491 e. The van der Waals surface area contributed by atoms with Gasteiger partial charge in [0.25, 0.3) is 0 Å². The molecule has 128 valence electrons. The number of β-amino-alcohol motifs (C(OH)–C–C–N with tert-alkyl or cyclic N) is 1. The van der Waals surface area contributed by atoms with E-state index in [1.807, 2.05) is 0 Å². The summed E-state index contributed by atoms with van der Waals surface area (Å²) < 4.78 is 18.2. The molecule has 0 spiro atoms. The van der Waals surface area contributed by atoms with Crippen LogP contribution in [0, 0.1) is 11.7 Å². The molecule has 1 heterocycles. The number of rotatable bonds is 7. The molecule has 23 heavy (non-hydrogen) atoms. The molecule has 1 unspecified atom stereocenters. The fraction of sp³-hybridized carbons (Fsp3) is 0.588. The first kappa shape index (κ1) is 17.7. The Morgan fingerprint density at radius 2 is 2.04 bits per heavy atom. The number of carbonyl (C=O) groups is 1. The van der Waals surface area contributed by atoms with Crippen LogP contribution in [0.5, 0.6) is 5.75 Å².